The molecule has 0 saturated heterocycles. The molecule has 0 heterocycles. The summed E-state index contributed by atoms with van der Waals surface area (Å²) in [4.78, 5) is 22.5. The van der Waals surface area contributed by atoms with E-state index in [1.54, 1.807) is 12.1 Å². The van der Waals surface area contributed by atoms with Crippen molar-refractivity contribution in [2.45, 2.75) is 26.2 Å². The van der Waals surface area contributed by atoms with E-state index >= 15 is 0 Å². The van der Waals surface area contributed by atoms with E-state index in [-0.39, 0.29) is 17.2 Å². The fraction of sp³-hybridized carbons (Fsp3) is 0.263. The minimum absolute atomic E-state index is 0.168. The van der Waals surface area contributed by atoms with Crippen molar-refractivity contribution in [3.63, 3.8) is 0 Å². The lowest BCUT2D eigenvalue weighted by Crippen LogP contribution is -2.29. The van der Waals surface area contributed by atoms with E-state index in [0.717, 1.165) is 11.1 Å². The third-order valence-corrected chi connectivity index (χ3v) is 4.57. The van der Waals surface area contributed by atoms with Crippen LogP contribution in [0.3, 0.4) is 0 Å². The van der Waals surface area contributed by atoms with Crippen LogP contribution in [0.15, 0.2) is 30.3 Å². The van der Waals surface area contributed by atoms with Gasteiger partial charge in [0.2, 0.25) is 0 Å². The summed E-state index contributed by atoms with van der Waals surface area (Å²) in [6.45, 7) is 3.49. The molecule has 0 atom stereocenters. The van der Waals surface area contributed by atoms with Crippen molar-refractivity contribution < 1.29 is 19.8 Å². The van der Waals surface area contributed by atoms with Crippen molar-refractivity contribution in [1.29, 1.82) is 0 Å². The second kappa shape index (κ2) is 8.43. The number of halogens is 2. The van der Waals surface area contributed by atoms with Crippen LogP contribution in [0.4, 0.5) is 0 Å². The van der Waals surface area contributed by atoms with Gasteiger partial charge in [-0.05, 0) is 40.8 Å². The molecule has 26 heavy (non-hydrogen) atoms. The molecule has 138 valence electrons. The van der Waals surface area contributed by atoms with Gasteiger partial charge in [-0.1, -0.05) is 49.2 Å². The number of carbonyl (C=O) groups excluding carboxylic acids is 1. The highest BCUT2D eigenvalue weighted by atomic mass is 35.5. The van der Waals surface area contributed by atoms with Gasteiger partial charge < -0.3 is 15.5 Å². The maximum atomic E-state index is 12.0. The van der Waals surface area contributed by atoms with Gasteiger partial charge in [0.05, 0.1) is 0 Å². The highest BCUT2D eigenvalue weighted by molar-refractivity contribution is 6.36. The number of carboxylic acids is 1. The van der Waals surface area contributed by atoms with Crippen LogP contribution in [-0.4, -0.2) is 28.6 Å². The molecule has 0 aromatic heterocycles. The molecule has 5 nitrogen and oxygen atoms in total. The first-order valence-electron chi connectivity index (χ1n) is 7.98. The Kier molecular flexibility index (Phi) is 6.51. The van der Waals surface area contributed by atoms with Gasteiger partial charge in [0.15, 0.2) is 0 Å². The molecule has 0 aliphatic heterocycles. The van der Waals surface area contributed by atoms with E-state index in [9.17, 15) is 14.7 Å². The Morgan fingerprint density at radius 1 is 1.12 bits per heavy atom. The van der Waals surface area contributed by atoms with Crippen molar-refractivity contribution in [3.8, 4) is 5.75 Å². The number of amides is 1. The highest BCUT2D eigenvalue weighted by Gasteiger charge is 2.15. The molecule has 2 aromatic carbocycles. The maximum absolute atomic E-state index is 12.0. The Bertz CT molecular complexity index is 826. The van der Waals surface area contributed by atoms with E-state index in [2.05, 4.69) is 5.32 Å². The van der Waals surface area contributed by atoms with Crippen molar-refractivity contribution >= 4 is 35.1 Å². The fourth-order valence-corrected chi connectivity index (χ4v) is 3.16. The van der Waals surface area contributed by atoms with Gasteiger partial charge in [-0.25, -0.2) is 0 Å². The molecule has 3 N–H and O–H groups in total. The molecule has 0 aliphatic rings. The average molecular weight is 396 g/mol. The predicted octanol–water partition coefficient (Wildman–Crippen LogP) is 4.23. The maximum Gasteiger partial charge on any atom is 0.322 e. The zero-order chi connectivity index (χ0) is 19.4. The summed E-state index contributed by atoms with van der Waals surface area (Å²) in [6.07, 6.45) is 0.439. The van der Waals surface area contributed by atoms with Crippen LogP contribution >= 0.6 is 23.2 Å². The molecule has 7 heteroatoms. The van der Waals surface area contributed by atoms with Gasteiger partial charge in [0.25, 0.3) is 5.91 Å². The first-order valence-corrected chi connectivity index (χ1v) is 8.74. The van der Waals surface area contributed by atoms with E-state index in [0.29, 0.717) is 22.0 Å². The molecule has 1 amide bonds. The molecule has 0 spiro atoms. The van der Waals surface area contributed by atoms with Gasteiger partial charge in [-0.3, -0.25) is 9.59 Å². The van der Waals surface area contributed by atoms with Crippen LogP contribution < -0.4 is 5.32 Å². The van der Waals surface area contributed by atoms with Crippen LogP contribution in [0.25, 0.3) is 0 Å². The summed E-state index contributed by atoms with van der Waals surface area (Å²) in [5.41, 5.74) is 2.61. The Balaban J connectivity index is 2.27. The molecule has 0 radical (unpaired) electrons. The zero-order valence-electron chi connectivity index (χ0n) is 14.3. The first kappa shape index (κ1) is 20.1. The van der Waals surface area contributed by atoms with Gasteiger partial charge in [0.1, 0.15) is 12.3 Å². The Labute approximate surface area is 161 Å². The van der Waals surface area contributed by atoms with Gasteiger partial charge >= 0.3 is 5.97 Å². The third kappa shape index (κ3) is 4.90. The molecule has 2 rings (SSSR count). The quantitative estimate of drug-likeness (QED) is 0.682. The smallest absolute Gasteiger partial charge is 0.322 e. The number of aliphatic carboxylic acids is 1. The number of carboxylic acid groups (broad SMARTS) is 1. The summed E-state index contributed by atoms with van der Waals surface area (Å²) in [7, 11) is 0. The van der Waals surface area contributed by atoms with Gasteiger partial charge in [-0.15, -0.1) is 0 Å². The molecule has 0 bridgehead atoms. The number of nitrogens with one attached hydrogen (secondary N) is 1. The van der Waals surface area contributed by atoms with Crippen molar-refractivity contribution in [3.05, 3.63) is 62.6 Å². The van der Waals surface area contributed by atoms with E-state index in [1.165, 1.54) is 12.1 Å². The third-order valence-electron chi connectivity index (χ3n) is 3.90. The molecule has 0 aliphatic carbocycles. The lowest BCUT2D eigenvalue weighted by molar-refractivity contribution is -0.135. The normalized spacial score (nSPS) is 10.8. The number of carbonyl (C=O) groups is 2. The largest absolute Gasteiger partial charge is 0.508 e. The minimum atomic E-state index is -1.14. The summed E-state index contributed by atoms with van der Waals surface area (Å²) in [5, 5.41) is 21.5. The molecule has 0 saturated carbocycles. The number of phenolic OH excluding ortho intramolecular Hbond substituents is 1. The van der Waals surface area contributed by atoms with Crippen LogP contribution in [0.2, 0.25) is 10.0 Å². The van der Waals surface area contributed by atoms with E-state index in [1.807, 2.05) is 19.9 Å². The van der Waals surface area contributed by atoms with E-state index < -0.39 is 18.4 Å². The minimum Gasteiger partial charge on any atom is -0.508 e. The van der Waals surface area contributed by atoms with Crippen molar-refractivity contribution in [2.24, 2.45) is 0 Å². The predicted molar refractivity (Wildman–Crippen MR) is 101 cm³/mol. The van der Waals surface area contributed by atoms with E-state index in [4.69, 9.17) is 28.3 Å². The van der Waals surface area contributed by atoms with Crippen molar-refractivity contribution in [2.75, 3.05) is 6.54 Å². The number of rotatable bonds is 6. The molecular formula is C19H19Cl2NO4. The Hall–Kier alpha value is -2.24. The van der Waals surface area contributed by atoms with Crippen LogP contribution in [-0.2, 0) is 11.2 Å². The first-order chi connectivity index (χ1) is 12.2. The second-order valence-corrected chi connectivity index (χ2v) is 7.03. The lowest BCUT2D eigenvalue weighted by atomic mass is 9.96. The number of benzene rings is 2. The monoisotopic (exact) mass is 395 g/mol. The molecular weight excluding hydrogens is 377 g/mol. The van der Waals surface area contributed by atoms with Crippen LogP contribution in [0.1, 0.15) is 46.8 Å². The molecule has 2 aromatic rings. The molecule has 0 fully saturated rings. The number of aromatic hydroxyl groups is 1. The Morgan fingerprint density at radius 3 is 2.27 bits per heavy atom. The summed E-state index contributed by atoms with van der Waals surface area (Å²) in [5.74, 6) is -1.29. The van der Waals surface area contributed by atoms with Gasteiger partial charge in [-0.2, -0.15) is 0 Å². The highest BCUT2D eigenvalue weighted by Crippen LogP contribution is 2.32. The average Bonchev–Trinajstić information content (AvgIpc) is 2.56. The number of hydrogen-bond acceptors (Lipinski definition) is 3. The topological polar surface area (TPSA) is 86.6 Å². The summed E-state index contributed by atoms with van der Waals surface area (Å²) >= 11 is 12.6. The number of phenols is 1. The molecule has 0 unspecified atom stereocenters. The fourth-order valence-electron chi connectivity index (χ4n) is 2.54. The zero-order valence-corrected chi connectivity index (χ0v) is 15.9. The summed E-state index contributed by atoms with van der Waals surface area (Å²) in [6, 6.07) is 8.26. The van der Waals surface area contributed by atoms with Crippen molar-refractivity contribution in [1.82, 2.24) is 5.32 Å². The second-order valence-electron chi connectivity index (χ2n) is 6.22. The number of hydrogen-bond donors (Lipinski definition) is 3. The summed E-state index contributed by atoms with van der Waals surface area (Å²) < 4.78 is 0. The van der Waals surface area contributed by atoms with Crippen LogP contribution in [0, 0.1) is 0 Å². The van der Waals surface area contributed by atoms with Gasteiger partial charge in [0, 0.05) is 22.0 Å². The standard InChI is InChI=1S/C19H19Cl2NO4/c1-10(2)13-5-11(3-4-17(13)23)6-14-15(20)7-12(8-16(14)21)19(26)22-9-18(24)25/h3-5,7-8,10,23H,6,9H2,1-2H3,(H,22,26)(H,24,25). The van der Waals surface area contributed by atoms with Crippen LogP contribution in [0.5, 0.6) is 5.75 Å². The lowest BCUT2D eigenvalue weighted by Gasteiger charge is -2.13. The SMILES string of the molecule is CC(C)c1cc(Cc2c(Cl)cc(C(=O)NCC(=O)O)cc2Cl)ccc1O. The Morgan fingerprint density at radius 2 is 1.73 bits per heavy atom.